The van der Waals surface area contributed by atoms with Gasteiger partial charge in [0.25, 0.3) is 0 Å². The van der Waals surface area contributed by atoms with Crippen LogP contribution in [0.2, 0.25) is 0 Å². The molecule has 0 aromatic heterocycles. The lowest BCUT2D eigenvalue weighted by Gasteiger charge is -2.15. The van der Waals surface area contributed by atoms with E-state index in [-0.39, 0.29) is 11.8 Å². The highest BCUT2D eigenvalue weighted by Gasteiger charge is 2.40. The van der Waals surface area contributed by atoms with Crippen molar-refractivity contribution in [3.63, 3.8) is 0 Å². The number of hydrogen-bond acceptors (Lipinski definition) is 3. The number of carbonyl (C=O) groups excluding carboxylic acids is 1. The smallest absolute Gasteiger partial charge is 0.307 e. The van der Waals surface area contributed by atoms with E-state index < -0.39 is 11.9 Å². The summed E-state index contributed by atoms with van der Waals surface area (Å²) in [6.45, 7) is 2.63. The number of carboxylic acid groups (broad SMARTS) is 1. The maximum Gasteiger partial charge on any atom is 0.307 e. The van der Waals surface area contributed by atoms with Crippen molar-refractivity contribution < 1.29 is 14.7 Å². The van der Waals surface area contributed by atoms with Crippen molar-refractivity contribution in [3.8, 4) is 0 Å². The van der Waals surface area contributed by atoms with Gasteiger partial charge in [0.15, 0.2) is 0 Å². The first-order chi connectivity index (χ1) is 7.56. The predicted octanol–water partition coefficient (Wildman–Crippen LogP) is 1.21. The molecule has 0 spiro atoms. The van der Waals surface area contributed by atoms with Gasteiger partial charge in [-0.25, -0.2) is 0 Å². The zero-order valence-electron chi connectivity index (χ0n) is 9.73. The molecule has 0 heterocycles. The fraction of sp³-hybridized carbons (Fsp3) is 0.818. The van der Waals surface area contributed by atoms with Crippen LogP contribution in [0.5, 0.6) is 0 Å². The van der Waals surface area contributed by atoms with Crippen LogP contribution in [0.1, 0.15) is 19.8 Å². The van der Waals surface area contributed by atoms with Crippen LogP contribution < -0.4 is 5.32 Å². The highest BCUT2D eigenvalue weighted by molar-refractivity contribution is 7.98. The van der Waals surface area contributed by atoms with E-state index in [0.717, 1.165) is 5.75 Å². The van der Waals surface area contributed by atoms with Crippen LogP contribution in [0, 0.1) is 17.8 Å². The minimum atomic E-state index is -0.839. The monoisotopic (exact) mass is 245 g/mol. The van der Waals surface area contributed by atoms with Gasteiger partial charge < -0.3 is 10.4 Å². The summed E-state index contributed by atoms with van der Waals surface area (Å²) >= 11 is 1.66. The SMILES string of the molecule is CSCCNC(=O)[C@H]1CC(C)C[C@H]1C(=O)O. The van der Waals surface area contributed by atoms with E-state index in [0.29, 0.717) is 25.3 Å². The van der Waals surface area contributed by atoms with Crippen molar-refractivity contribution in [2.45, 2.75) is 19.8 Å². The van der Waals surface area contributed by atoms with Gasteiger partial charge in [0.05, 0.1) is 11.8 Å². The molecule has 0 aliphatic heterocycles. The third-order valence-corrected chi connectivity index (χ3v) is 3.67. The second kappa shape index (κ2) is 6.13. The van der Waals surface area contributed by atoms with Crippen LogP contribution in [0.25, 0.3) is 0 Å². The molecule has 0 radical (unpaired) electrons. The number of aliphatic carboxylic acids is 1. The molecule has 1 unspecified atom stereocenters. The maximum atomic E-state index is 11.8. The average molecular weight is 245 g/mol. The van der Waals surface area contributed by atoms with Crippen LogP contribution in [-0.4, -0.2) is 35.5 Å². The number of carboxylic acids is 1. The van der Waals surface area contributed by atoms with Gasteiger partial charge in [-0.1, -0.05) is 6.92 Å². The molecule has 92 valence electrons. The lowest BCUT2D eigenvalue weighted by atomic mass is 9.95. The van der Waals surface area contributed by atoms with Crippen molar-refractivity contribution in [3.05, 3.63) is 0 Å². The Morgan fingerprint density at radius 3 is 2.56 bits per heavy atom. The number of rotatable bonds is 5. The summed E-state index contributed by atoms with van der Waals surface area (Å²) in [4.78, 5) is 22.8. The van der Waals surface area contributed by atoms with E-state index in [9.17, 15) is 9.59 Å². The third kappa shape index (κ3) is 3.40. The van der Waals surface area contributed by atoms with Gasteiger partial charge in [-0.2, -0.15) is 11.8 Å². The normalized spacial score (nSPS) is 29.0. The van der Waals surface area contributed by atoms with Crippen LogP contribution in [0.3, 0.4) is 0 Å². The Kier molecular flexibility index (Phi) is 5.12. The Balaban J connectivity index is 2.50. The average Bonchev–Trinajstić information content (AvgIpc) is 2.61. The van der Waals surface area contributed by atoms with Crippen molar-refractivity contribution in [2.75, 3.05) is 18.6 Å². The lowest BCUT2D eigenvalue weighted by molar-refractivity contribution is -0.146. The highest BCUT2D eigenvalue weighted by atomic mass is 32.2. The molecule has 0 saturated heterocycles. The molecule has 1 rings (SSSR count). The summed E-state index contributed by atoms with van der Waals surface area (Å²) < 4.78 is 0. The molecule has 0 aromatic carbocycles. The second-order valence-electron chi connectivity index (χ2n) is 4.41. The number of nitrogens with one attached hydrogen (secondary N) is 1. The predicted molar refractivity (Wildman–Crippen MR) is 64.4 cm³/mol. The van der Waals surface area contributed by atoms with Gasteiger partial charge in [0.1, 0.15) is 0 Å². The van der Waals surface area contributed by atoms with Gasteiger partial charge in [0.2, 0.25) is 5.91 Å². The van der Waals surface area contributed by atoms with E-state index in [2.05, 4.69) is 5.32 Å². The standard InChI is InChI=1S/C11H19NO3S/c1-7-5-8(9(6-7)11(14)15)10(13)12-3-4-16-2/h7-9H,3-6H2,1-2H3,(H,12,13)(H,14,15)/t7?,8-,9+/m0/s1. The number of carbonyl (C=O) groups is 2. The molecule has 3 atom stereocenters. The molecule has 4 nitrogen and oxygen atoms in total. The molecule has 1 aliphatic rings. The van der Waals surface area contributed by atoms with E-state index in [1.54, 1.807) is 11.8 Å². The number of amides is 1. The molecule has 5 heteroatoms. The summed E-state index contributed by atoms with van der Waals surface area (Å²) in [6.07, 6.45) is 3.29. The number of hydrogen-bond donors (Lipinski definition) is 2. The molecule has 2 N–H and O–H groups in total. The molecular weight excluding hydrogens is 226 g/mol. The van der Waals surface area contributed by atoms with E-state index in [1.807, 2.05) is 13.2 Å². The summed E-state index contributed by atoms with van der Waals surface area (Å²) in [6, 6.07) is 0. The largest absolute Gasteiger partial charge is 0.481 e. The third-order valence-electron chi connectivity index (χ3n) is 3.06. The summed E-state index contributed by atoms with van der Waals surface area (Å²) in [7, 11) is 0. The van der Waals surface area contributed by atoms with Crippen molar-refractivity contribution in [1.82, 2.24) is 5.32 Å². The van der Waals surface area contributed by atoms with Crippen LogP contribution >= 0.6 is 11.8 Å². The highest BCUT2D eigenvalue weighted by Crippen LogP contribution is 2.36. The van der Waals surface area contributed by atoms with Gasteiger partial charge in [0, 0.05) is 12.3 Å². The van der Waals surface area contributed by atoms with Gasteiger partial charge in [-0.3, -0.25) is 9.59 Å². The minimum absolute atomic E-state index is 0.0919. The van der Waals surface area contributed by atoms with Gasteiger partial charge >= 0.3 is 5.97 Å². The Bertz CT molecular complexity index is 270. The minimum Gasteiger partial charge on any atom is -0.481 e. The Morgan fingerprint density at radius 2 is 2.00 bits per heavy atom. The van der Waals surface area contributed by atoms with Gasteiger partial charge in [-0.05, 0) is 25.0 Å². The molecular formula is C11H19NO3S. The van der Waals surface area contributed by atoms with Crippen LogP contribution in [0.4, 0.5) is 0 Å². The first-order valence-electron chi connectivity index (χ1n) is 5.55. The van der Waals surface area contributed by atoms with E-state index >= 15 is 0 Å². The van der Waals surface area contributed by atoms with Crippen LogP contribution in [-0.2, 0) is 9.59 Å². The zero-order valence-corrected chi connectivity index (χ0v) is 10.5. The quantitative estimate of drug-likeness (QED) is 0.715. The van der Waals surface area contributed by atoms with Crippen molar-refractivity contribution >= 4 is 23.6 Å². The Hall–Kier alpha value is -0.710. The zero-order chi connectivity index (χ0) is 12.1. The molecule has 1 saturated carbocycles. The summed E-state index contributed by atoms with van der Waals surface area (Å²) in [5, 5.41) is 11.8. The topological polar surface area (TPSA) is 66.4 Å². The number of thioether (sulfide) groups is 1. The molecule has 0 bridgehead atoms. The van der Waals surface area contributed by atoms with E-state index in [1.165, 1.54) is 0 Å². The Morgan fingerprint density at radius 1 is 1.38 bits per heavy atom. The van der Waals surface area contributed by atoms with Crippen molar-refractivity contribution in [2.24, 2.45) is 17.8 Å². The van der Waals surface area contributed by atoms with Gasteiger partial charge in [-0.15, -0.1) is 0 Å². The molecule has 16 heavy (non-hydrogen) atoms. The first-order valence-corrected chi connectivity index (χ1v) is 6.95. The summed E-state index contributed by atoms with van der Waals surface area (Å²) in [5.74, 6) is -0.567. The van der Waals surface area contributed by atoms with E-state index in [4.69, 9.17) is 5.11 Å². The first kappa shape index (κ1) is 13.4. The molecule has 1 fully saturated rings. The lowest BCUT2D eigenvalue weighted by Crippen LogP contribution is -2.36. The van der Waals surface area contributed by atoms with Crippen molar-refractivity contribution in [1.29, 1.82) is 0 Å². The fourth-order valence-electron chi connectivity index (χ4n) is 2.26. The summed E-state index contributed by atoms with van der Waals surface area (Å²) in [5.41, 5.74) is 0. The Labute approximate surface area is 100 Å². The van der Waals surface area contributed by atoms with Crippen LogP contribution in [0.15, 0.2) is 0 Å². The molecule has 1 amide bonds. The molecule has 0 aromatic rings. The maximum absolute atomic E-state index is 11.8. The second-order valence-corrected chi connectivity index (χ2v) is 5.40. The molecule has 1 aliphatic carbocycles. The fourth-order valence-corrected chi connectivity index (χ4v) is 2.57.